The number of rotatable bonds is 6. The Hall–Kier alpha value is -3.58. The Kier molecular flexibility index (Phi) is 16.3. The number of esters is 2. The molecule has 0 spiro atoms. The third-order valence-electron chi connectivity index (χ3n) is 8.22. The predicted molar refractivity (Wildman–Crippen MR) is 159 cm³/mol. The first-order chi connectivity index (χ1) is 20.9. The molecule has 0 saturated carbocycles. The van der Waals surface area contributed by atoms with E-state index in [0.29, 0.717) is 38.8 Å². The number of ether oxygens (including phenoxy) is 4. The fraction of sp³-hybridized carbons (Fsp3) is 0.500. The summed E-state index contributed by atoms with van der Waals surface area (Å²) in [7, 11) is 2.72. The average Bonchev–Trinajstić information content (AvgIpc) is 3.03. The van der Waals surface area contributed by atoms with Crippen molar-refractivity contribution in [1.29, 1.82) is 0 Å². The molecule has 0 bridgehead atoms. The lowest BCUT2D eigenvalue weighted by Crippen LogP contribution is -3.00. The number of amides is 2. The summed E-state index contributed by atoms with van der Waals surface area (Å²) in [6, 6.07) is 18.8. The van der Waals surface area contributed by atoms with Gasteiger partial charge in [-0.05, 0) is 25.0 Å². The Balaban J connectivity index is 0.000000441. The minimum absolute atomic E-state index is 0. The van der Waals surface area contributed by atoms with Crippen molar-refractivity contribution in [3.05, 3.63) is 71.8 Å². The molecule has 4 rings (SSSR count). The molecule has 0 radical (unpaired) electrons. The Morgan fingerprint density at radius 3 is 1.28 bits per heavy atom. The van der Waals surface area contributed by atoms with E-state index in [9.17, 15) is 19.2 Å². The van der Waals surface area contributed by atoms with Gasteiger partial charge in [-0.2, -0.15) is 0 Å². The predicted octanol–water partition coefficient (Wildman–Crippen LogP) is -4.07. The van der Waals surface area contributed by atoms with Gasteiger partial charge in [0, 0.05) is 50.9 Å². The second-order valence-corrected chi connectivity index (χ2v) is 11.6. The van der Waals surface area contributed by atoms with Crippen LogP contribution in [0.2, 0.25) is 0 Å². The number of carbonyl (C=O) groups is 4. The molecule has 2 aromatic carbocycles. The van der Waals surface area contributed by atoms with Gasteiger partial charge in [-0.25, -0.2) is 19.2 Å². The smallest absolute Gasteiger partial charge is 0.410 e. The third kappa shape index (κ3) is 10.8. The summed E-state index contributed by atoms with van der Waals surface area (Å²) in [6.45, 7) is 5.16. The van der Waals surface area contributed by atoms with Gasteiger partial charge < -0.3 is 65.0 Å². The summed E-state index contributed by atoms with van der Waals surface area (Å²) in [5.41, 5.74) is 8.31. The first-order valence-electron chi connectivity index (χ1n) is 14.7. The van der Waals surface area contributed by atoms with Gasteiger partial charge in [0.1, 0.15) is 13.2 Å². The van der Waals surface area contributed by atoms with Crippen molar-refractivity contribution in [2.24, 2.45) is 0 Å². The van der Waals surface area contributed by atoms with Crippen molar-refractivity contribution < 1.29 is 74.4 Å². The highest BCUT2D eigenvalue weighted by atomic mass is 35.5. The highest BCUT2D eigenvalue weighted by Gasteiger charge is 2.48. The van der Waals surface area contributed by atoms with Crippen molar-refractivity contribution in [3.8, 4) is 0 Å². The number of nitrogens with zero attached hydrogens (tertiary/aromatic N) is 2. The molecule has 2 aromatic rings. The third-order valence-corrected chi connectivity index (χ3v) is 8.22. The second-order valence-electron chi connectivity index (χ2n) is 11.6. The van der Waals surface area contributed by atoms with Gasteiger partial charge in [0.15, 0.2) is 11.1 Å². The standard InChI is InChI=1S/2C16H22N2O4.2ClH/c2*1-12-10-16(17,14(19)21-2)8-9-18(12)15(20)22-11-13-6-4-3-5-7-13;;/h2*3-7,12H,8-11,17H2,1-2H3;2*1H/t2*12-,16+;;/m00../s1. The van der Waals surface area contributed by atoms with Crippen LogP contribution in [0.15, 0.2) is 60.7 Å². The zero-order chi connectivity index (χ0) is 32.3. The Labute approximate surface area is 282 Å². The number of likely N-dealkylation sites (tertiary alicyclic amines) is 2. The van der Waals surface area contributed by atoms with Crippen LogP contribution in [0, 0.1) is 0 Å². The zero-order valence-electron chi connectivity index (χ0n) is 26.9. The molecule has 4 atom stereocenters. The molecule has 14 heteroatoms. The van der Waals surface area contributed by atoms with Crippen LogP contribution in [0.3, 0.4) is 0 Å². The van der Waals surface area contributed by atoms with E-state index in [1.54, 1.807) is 9.80 Å². The van der Waals surface area contributed by atoms with Gasteiger partial charge in [0.2, 0.25) is 0 Å². The van der Waals surface area contributed by atoms with Crippen LogP contribution in [0.4, 0.5) is 9.59 Å². The van der Waals surface area contributed by atoms with Crippen LogP contribution >= 0.6 is 0 Å². The van der Waals surface area contributed by atoms with Gasteiger partial charge in [-0.1, -0.05) is 60.7 Å². The highest BCUT2D eigenvalue weighted by molar-refractivity contribution is 5.80. The molecule has 12 nitrogen and oxygen atoms in total. The van der Waals surface area contributed by atoms with Crippen LogP contribution in [-0.2, 0) is 41.8 Å². The summed E-state index contributed by atoms with van der Waals surface area (Å²) < 4.78 is 20.3. The van der Waals surface area contributed by atoms with Crippen LogP contribution in [0.25, 0.3) is 0 Å². The average molecular weight is 686 g/mol. The molecule has 0 unspecified atom stereocenters. The molecule has 6 N–H and O–H groups in total. The lowest BCUT2D eigenvalue weighted by Gasteiger charge is -2.38. The minimum atomic E-state index is -0.773. The molecule has 2 aliphatic heterocycles. The molecule has 0 aliphatic carbocycles. The number of piperidine rings is 2. The Morgan fingerprint density at radius 1 is 0.674 bits per heavy atom. The SMILES string of the molecule is COC(=O)[C@@]1([NH3+])CCN(C(=O)OCc2ccccc2)[C@@H](C)C1.COC(=O)[C@@]1([NH3+])CCN(C(=O)OCc2ccccc2)[C@@H](C)C1.[Cl-].[Cl-]. The number of methoxy groups -OCH3 is 2. The molecule has 0 aromatic heterocycles. The van der Waals surface area contributed by atoms with Crippen LogP contribution in [0.1, 0.15) is 50.7 Å². The summed E-state index contributed by atoms with van der Waals surface area (Å²) >= 11 is 0. The first-order valence-corrected chi connectivity index (χ1v) is 14.7. The van der Waals surface area contributed by atoms with Crippen LogP contribution in [0.5, 0.6) is 0 Å². The fourth-order valence-electron chi connectivity index (χ4n) is 5.62. The van der Waals surface area contributed by atoms with Crippen LogP contribution in [-0.4, -0.2) is 84.4 Å². The molecular weight excluding hydrogens is 639 g/mol. The fourth-order valence-corrected chi connectivity index (χ4v) is 5.62. The number of carbonyl (C=O) groups excluding carboxylic acids is 4. The van der Waals surface area contributed by atoms with E-state index in [4.69, 9.17) is 18.9 Å². The molecule has 46 heavy (non-hydrogen) atoms. The van der Waals surface area contributed by atoms with E-state index >= 15 is 0 Å². The van der Waals surface area contributed by atoms with Gasteiger partial charge >= 0.3 is 24.1 Å². The maximum Gasteiger partial charge on any atom is 0.410 e. The van der Waals surface area contributed by atoms with Crippen molar-refractivity contribution in [1.82, 2.24) is 9.80 Å². The topological polar surface area (TPSA) is 167 Å². The highest BCUT2D eigenvalue weighted by Crippen LogP contribution is 2.26. The van der Waals surface area contributed by atoms with E-state index in [1.807, 2.05) is 74.5 Å². The molecule has 2 fully saturated rings. The minimum Gasteiger partial charge on any atom is -1.00 e. The maximum absolute atomic E-state index is 12.2. The van der Waals surface area contributed by atoms with E-state index in [1.165, 1.54) is 14.2 Å². The number of benzene rings is 2. The van der Waals surface area contributed by atoms with E-state index < -0.39 is 11.1 Å². The maximum atomic E-state index is 12.2. The van der Waals surface area contributed by atoms with E-state index in [0.717, 1.165) is 11.1 Å². The van der Waals surface area contributed by atoms with E-state index in [-0.39, 0.29) is 74.2 Å². The quantitative estimate of drug-likeness (QED) is 0.229. The normalized spacial score (nSPS) is 23.6. The van der Waals surface area contributed by atoms with Gasteiger partial charge in [0.25, 0.3) is 0 Å². The second kappa shape index (κ2) is 18.5. The van der Waals surface area contributed by atoms with Crippen molar-refractivity contribution in [2.45, 2.75) is 75.9 Å². The van der Waals surface area contributed by atoms with Gasteiger partial charge in [-0.15, -0.1) is 0 Å². The number of quaternary nitrogens is 2. The van der Waals surface area contributed by atoms with E-state index in [2.05, 4.69) is 11.5 Å². The van der Waals surface area contributed by atoms with Crippen molar-refractivity contribution in [2.75, 3.05) is 27.3 Å². The molecule has 2 heterocycles. The van der Waals surface area contributed by atoms with Gasteiger partial charge in [-0.3, -0.25) is 0 Å². The Bertz CT molecular complexity index is 1180. The summed E-state index contributed by atoms with van der Waals surface area (Å²) in [6.07, 6.45) is 1.18. The Morgan fingerprint density at radius 2 is 1.00 bits per heavy atom. The molecule has 2 saturated heterocycles. The number of hydrogen-bond acceptors (Lipinski definition) is 8. The monoisotopic (exact) mass is 684 g/mol. The van der Waals surface area contributed by atoms with Crippen molar-refractivity contribution in [3.63, 3.8) is 0 Å². The lowest BCUT2D eigenvalue weighted by atomic mass is 9.85. The number of halogens is 2. The summed E-state index contributed by atoms with van der Waals surface area (Å²) in [5.74, 6) is -0.645. The molecule has 2 amide bonds. The first kappa shape index (κ1) is 40.4. The zero-order valence-corrected chi connectivity index (χ0v) is 28.4. The molecule has 2 aliphatic rings. The van der Waals surface area contributed by atoms with Gasteiger partial charge in [0.05, 0.1) is 14.2 Å². The summed E-state index contributed by atoms with van der Waals surface area (Å²) in [4.78, 5) is 51.3. The van der Waals surface area contributed by atoms with Crippen LogP contribution < -0.4 is 36.3 Å². The molecule has 256 valence electrons. The summed E-state index contributed by atoms with van der Waals surface area (Å²) in [5, 5.41) is 0. The lowest BCUT2D eigenvalue weighted by molar-refractivity contribution is -0.471. The molecular formula is C32H46Cl2N4O8. The van der Waals surface area contributed by atoms with Crippen molar-refractivity contribution >= 4 is 24.1 Å². The number of hydrogen-bond donors (Lipinski definition) is 2. The largest absolute Gasteiger partial charge is 1.00 e.